The molecule has 1 aromatic rings. The molecular formula is C12H19N3S. The van der Waals surface area contributed by atoms with Crippen LogP contribution < -0.4 is 5.73 Å². The Balaban J connectivity index is 1.59. The van der Waals surface area contributed by atoms with Crippen molar-refractivity contribution in [3.63, 3.8) is 0 Å². The van der Waals surface area contributed by atoms with Crippen molar-refractivity contribution in [2.24, 2.45) is 17.6 Å². The fourth-order valence-corrected chi connectivity index (χ4v) is 3.87. The van der Waals surface area contributed by atoms with Gasteiger partial charge in [-0.1, -0.05) is 6.42 Å². The van der Waals surface area contributed by atoms with E-state index in [1.165, 1.54) is 38.0 Å². The average Bonchev–Trinajstić information content (AvgIpc) is 2.92. The van der Waals surface area contributed by atoms with Gasteiger partial charge in [0.15, 0.2) is 0 Å². The molecule has 3 nitrogen and oxygen atoms in total. The Labute approximate surface area is 101 Å². The number of hydrogen-bond acceptors (Lipinski definition) is 4. The zero-order chi connectivity index (χ0) is 11.0. The van der Waals surface area contributed by atoms with E-state index in [0.29, 0.717) is 6.54 Å². The molecule has 2 N–H and O–H groups in total. The first kappa shape index (κ1) is 10.7. The fraction of sp³-hybridized carbons (Fsp3) is 0.750. The van der Waals surface area contributed by atoms with Gasteiger partial charge in [-0.2, -0.15) is 0 Å². The van der Waals surface area contributed by atoms with Gasteiger partial charge < -0.3 is 5.73 Å². The van der Waals surface area contributed by atoms with Crippen molar-refractivity contribution < 1.29 is 0 Å². The van der Waals surface area contributed by atoms with Crippen LogP contribution in [0.15, 0.2) is 5.38 Å². The molecule has 1 aliphatic heterocycles. The van der Waals surface area contributed by atoms with Gasteiger partial charge in [0, 0.05) is 31.6 Å². The first-order valence-corrected chi connectivity index (χ1v) is 7.09. The van der Waals surface area contributed by atoms with E-state index in [1.807, 2.05) is 0 Å². The third kappa shape index (κ3) is 2.01. The standard InChI is InChI=1S/C12H19N3S/c13-4-12-14-11(8-16-12)7-15-5-9-2-1-3-10(9)6-15/h8-10H,1-7,13H2. The first-order valence-electron chi connectivity index (χ1n) is 6.21. The summed E-state index contributed by atoms with van der Waals surface area (Å²) in [4.78, 5) is 7.11. The molecule has 1 aromatic heterocycles. The first-order chi connectivity index (χ1) is 7.85. The minimum Gasteiger partial charge on any atom is -0.325 e. The molecule has 2 fully saturated rings. The van der Waals surface area contributed by atoms with Crippen LogP contribution in [-0.2, 0) is 13.1 Å². The van der Waals surface area contributed by atoms with E-state index in [4.69, 9.17) is 5.73 Å². The highest BCUT2D eigenvalue weighted by molar-refractivity contribution is 7.09. The van der Waals surface area contributed by atoms with Crippen LogP contribution in [0.4, 0.5) is 0 Å². The Morgan fingerprint density at radius 3 is 2.75 bits per heavy atom. The third-order valence-corrected chi connectivity index (χ3v) is 4.88. The van der Waals surface area contributed by atoms with Gasteiger partial charge in [0.05, 0.1) is 5.69 Å². The monoisotopic (exact) mass is 237 g/mol. The summed E-state index contributed by atoms with van der Waals surface area (Å²) in [5.74, 6) is 1.96. The summed E-state index contributed by atoms with van der Waals surface area (Å²) in [7, 11) is 0. The number of nitrogens with two attached hydrogens (primary N) is 1. The van der Waals surface area contributed by atoms with Gasteiger partial charge in [0.25, 0.3) is 0 Å². The fourth-order valence-electron chi connectivity index (χ4n) is 3.21. The van der Waals surface area contributed by atoms with Crippen LogP contribution in [0.2, 0.25) is 0 Å². The highest BCUT2D eigenvalue weighted by Gasteiger charge is 2.35. The van der Waals surface area contributed by atoms with Gasteiger partial charge in [-0.25, -0.2) is 4.98 Å². The Bertz CT molecular complexity index is 351. The van der Waals surface area contributed by atoms with E-state index in [-0.39, 0.29) is 0 Å². The predicted octanol–water partition coefficient (Wildman–Crippen LogP) is 1.83. The Morgan fingerprint density at radius 2 is 2.12 bits per heavy atom. The number of nitrogens with zero attached hydrogens (tertiary/aromatic N) is 2. The smallest absolute Gasteiger partial charge is 0.106 e. The largest absolute Gasteiger partial charge is 0.325 e. The highest BCUT2D eigenvalue weighted by Crippen LogP contribution is 2.38. The number of fused-ring (bicyclic) bond motifs is 1. The van der Waals surface area contributed by atoms with Gasteiger partial charge in [-0.15, -0.1) is 11.3 Å². The Hall–Kier alpha value is -0.450. The maximum absolute atomic E-state index is 5.58. The van der Waals surface area contributed by atoms with E-state index in [2.05, 4.69) is 15.3 Å². The minimum absolute atomic E-state index is 0.579. The van der Waals surface area contributed by atoms with Crippen LogP contribution >= 0.6 is 11.3 Å². The van der Waals surface area contributed by atoms with Crippen molar-refractivity contribution in [2.45, 2.75) is 32.4 Å². The lowest BCUT2D eigenvalue weighted by Crippen LogP contribution is -2.21. The molecule has 2 unspecified atom stereocenters. The van der Waals surface area contributed by atoms with E-state index in [9.17, 15) is 0 Å². The lowest BCUT2D eigenvalue weighted by atomic mass is 10.0. The minimum atomic E-state index is 0.579. The molecule has 0 amide bonds. The van der Waals surface area contributed by atoms with Gasteiger partial charge in [0.2, 0.25) is 0 Å². The van der Waals surface area contributed by atoms with Gasteiger partial charge in [-0.3, -0.25) is 4.90 Å². The zero-order valence-corrected chi connectivity index (χ0v) is 10.4. The molecule has 4 heteroatoms. The second-order valence-corrected chi connectivity index (χ2v) is 6.02. The summed E-state index contributed by atoms with van der Waals surface area (Å²) in [6.45, 7) is 4.19. The van der Waals surface area contributed by atoms with Crippen molar-refractivity contribution in [3.8, 4) is 0 Å². The molecule has 88 valence electrons. The molecule has 0 aromatic carbocycles. The number of likely N-dealkylation sites (tertiary alicyclic amines) is 1. The van der Waals surface area contributed by atoms with Crippen LogP contribution in [0.1, 0.15) is 30.0 Å². The van der Waals surface area contributed by atoms with Crippen LogP contribution in [0.25, 0.3) is 0 Å². The zero-order valence-electron chi connectivity index (χ0n) is 9.56. The lowest BCUT2D eigenvalue weighted by molar-refractivity contribution is 0.300. The van der Waals surface area contributed by atoms with Crippen molar-refractivity contribution >= 4 is 11.3 Å². The normalized spacial score (nSPS) is 29.8. The van der Waals surface area contributed by atoms with Crippen LogP contribution in [-0.4, -0.2) is 23.0 Å². The van der Waals surface area contributed by atoms with Crippen LogP contribution in [0, 0.1) is 11.8 Å². The second kappa shape index (κ2) is 4.43. The van der Waals surface area contributed by atoms with Crippen molar-refractivity contribution in [1.82, 2.24) is 9.88 Å². The van der Waals surface area contributed by atoms with E-state index in [0.717, 1.165) is 23.4 Å². The maximum atomic E-state index is 5.58. The van der Waals surface area contributed by atoms with Crippen molar-refractivity contribution in [3.05, 3.63) is 16.1 Å². The molecule has 2 atom stereocenters. The second-order valence-electron chi connectivity index (χ2n) is 5.08. The third-order valence-electron chi connectivity index (χ3n) is 3.96. The SMILES string of the molecule is NCc1nc(CN2CC3CCCC3C2)cs1. The molecule has 2 aliphatic rings. The number of rotatable bonds is 3. The summed E-state index contributed by atoms with van der Waals surface area (Å²) >= 11 is 1.69. The Kier molecular flexibility index (Phi) is 2.96. The lowest BCUT2D eigenvalue weighted by Gasteiger charge is -2.14. The molecule has 2 heterocycles. The summed E-state index contributed by atoms with van der Waals surface area (Å²) in [5, 5.41) is 3.23. The predicted molar refractivity (Wildman–Crippen MR) is 66.1 cm³/mol. The van der Waals surface area contributed by atoms with Gasteiger partial charge in [-0.05, 0) is 24.7 Å². The molecule has 0 bridgehead atoms. The summed E-state index contributed by atoms with van der Waals surface area (Å²) < 4.78 is 0. The van der Waals surface area contributed by atoms with E-state index in [1.54, 1.807) is 11.3 Å². The van der Waals surface area contributed by atoms with Crippen molar-refractivity contribution in [1.29, 1.82) is 0 Å². The molecule has 0 radical (unpaired) electrons. The summed E-state index contributed by atoms with van der Waals surface area (Å²) in [5.41, 5.74) is 6.79. The van der Waals surface area contributed by atoms with Crippen LogP contribution in [0.5, 0.6) is 0 Å². The topological polar surface area (TPSA) is 42.1 Å². The number of aromatic nitrogens is 1. The molecule has 1 saturated heterocycles. The van der Waals surface area contributed by atoms with E-state index < -0.39 is 0 Å². The maximum Gasteiger partial charge on any atom is 0.106 e. The van der Waals surface area contributed by atoms with Gasteiger partial charge in [0.1, 0.15) is 5.01 Å². The summed E-state index contributed by atoms with van der Waals surface area (Å²) in [6.07, 6.45) is 4.36. The number of thiazole rings is 1. The molecule has 16 heavy (non-hydrogen) atoms. The molecule has 1 saturated carbocycles. The molecule has 0 spiro atoms. The molecule has 3 rings (SSSR count). The Morgan fingerprint density at radius 1 is 1.38 bits per heavy atom. The quantitative estimate of drug-likeness (QED) is 0.872. The van der Waals surface area contributed by atoms with Gasteiger partial charge >= 0.3 is 0 Å². The van der Waals surface area contributed by atoms with E-state index >= 15 is 0 Å². The molecular weight excluding hydrogens is 218 g/mol. The highest BCUT2D eigenvalue weighted by atomic mass is 32.1. The average molecular weight is 237 g/mol. The van der Waals surface area contributed by atoms with Crippen LogP contribution in [0.3, 0.4) is 0 Å². The molecule has 1 aliphatic carbocycles. The summed E-state index contributed by atoms with van der Waals surface area (Å²) in [6, 6.07) is 0. The number of hydrogen-bond donors (Lipinski definition) is 1. The van der Waals surface area contributed by atoms with Crippen molar-refractivity contribution in [2.75, 3.05) is 13.1 Å².